The van der Waals surface area contributed by atoms with Gasteiger partial charge in [0.2, 0.25) is 5.69 Å². The fraction of sp³-hybridized carbons (Fsp3) is 0.551. The van der Waals surface area contributed by atoms with Gasteiger partial charge in [-0.25, -0.2) is 4.79 Å². The van der Waals surface area contributed by atoms with Crippen LogP contribution in [0.25, 0.3) is 0 Å². The molecule has 0 saturated carbocycles. The van der Waals surface area contributed by atoms with Crippen molar-refractivity contribution in [2.75, 3.05) is 117 Å². The summed E-state index contributed by atoms with van der Waals surface area (Å²) >= 11 is 0. The summed E-state index contributed by atoms with van der Waals surface area (Å²) in [5.41, 5.74) is 1.61. The predicted octanol–water partition coefficient (Wildman–Crippen LogP) is 3.74. The molecule has 5 rings (SSSR count). The lowest BCUT2D eigenvalue weighted by atomic mass is 9.76. The molecule has 2 atom stereocenters. The van der Waals surface area contributed by atoms with Crippen molar-refractivity contribution in [1.82, 2.24) is 5.06 Å². The number of rotatable bonds is 34. The van der Waals surface area contributed by atoms with E-state index in [1.807, 2.05) is 29.4 Å². The van der Waals surface area contributed by atoms with Gasteiger partial charge in [-0.3, -0.25) is 23.2 Å². The Balaban J connectivity index is 1.41. The zero-order valence-corrected chi connectivity index (χ0v) is 45.0. The molecule has 416 valence electrons. The van der Waals surface area contributed by atoms with E-state index in [0.29, 0.717) is 85.0 Å². The molecule has 0 bridgehead atoms. The van der Waals surface area contributed by atoms with Gasteiger partial charge in [0, 0.05) is 74.7 Å². The fourth-order valence-corrected chi connectivity index (χ4v) is 10.5. The molecule has 1 saturated heterocycles. The number of amides is 2. The zero-order chi connectivity index (χ0) is 54.9. The molecular formula is C49H68N3O20S3+. The van der Waals surface area contributed by atoms with Crippen LogP contribution in [0, 0.1) is 0 Å². The Kier molecular flexibility index (Phi) is 22.8. The maximum atomic E-state index is 12.4. The van der Waals surface area contributed by atoms with Crippen LogP contribution in [0.15, 0.2) is 82.3 Å². The molecule has 0 aliphatic carbocycles. The number of allylic oxidation sites excluding steroid dienone is 6. The fourth-order valence-electron chi connectivity index (χ4n) is 8.94. The number of fused-ring (bicyclic) bond motifs is 2. The number of methoxy groups -OCH3 is 2. The maximum absolute atomic E-state index is 12.4. The molecule has 0 aromatic heterocycles. The van der Waals surface area contributed by atoms with Crippen LogP contribution in [0.3, 0.4) is 0 Å². The van der Waals surface area contributed by atoms with E-state index in [0.717, 1.165) is 0 Å². The first-order chi connectivity index (χ1) is 35.5. The van der Waals surface area contributed by atoms with Gasteiger partial charge in [0.25, 0.3) is 42.2 Å². The molecule has 3 aliphatic heterocycles. The zero-order valence-electron chi connectivity index (χ0n) is 42.5. The van der Waals surface area contributed by atoms with Crippen molar-refractivity contribution in [2.24, 2.45) is 0 Å². The van der Waals surface area contributed by atoms with Gasteiger partial charge in [0.15, 0.2) is 12.3 Å². The highest BCUT2D eigenvalue weighted by molar-refractivity contribution is 7.86. The third kappa shape index (κ3) is 17.1. The number of benzene rings is 2. The van der Waals surface area contributed by atoms with E-state index in [4.69, 9.17) is 38.0 Å². The maximum Gasteiger partial charge on any atom is 0.335 e. The normalized spacial score (nSPS) is 19.7. The smallest absolute Gasteiger partial charge is 0.335 e. The molecule has 3 heterocycles. The van der Waals surface area contributed by atoms with Gasteiger partial charge < -0.3 is 42.9 Å². The number of hydrogen-bond donors (Lipinski definition) is 3. The molecule has 75 heavy (non-hydrogen) atoms. The topological polar surface area (TPSA) is 298 Å². The number of ether oxygens (including phenoxy) is 7. The van der Waals surface area contributed by atoms with E-state index in [1.165, 1.54) is 31.4 Å². The predicted molar refractivity (Wildman–Crippen MR) is 271 cm³/mol. The van der Waals surface area contributed by atoms with Gasteiger partial charge in [-0.05, 0) is 75.1 Å². The molecule has 2 aromatic rings. The highest BCUT2D eigenvalue weighted by Crippen LogP contribution is 2.51. The number of carbonyl (C=O) groups excluding carboxylic acids is 3. The second-order valence-corrected chi connectivity index (χ2v) is 22.4. The van der Waals surface area contributed by atoms with Crippen molar-refractivity contribution in [3.8, 4) is 0 Å². The summed E-state index contributed by atoms with van der Waals surface area (Å²) in [5.74, 6) is -2.61. The number of hydroxylamine groups is 2. The van der Waals surface area contributed by atoms with Crippen molar-refractivity contribution in [1.29, 1.82) is 0 Å². The molecule has 0 spiro atoms. The van der Waals surface area contributed by atoms with Gasteiger partial charge in [-0.2, -0.15) is 29.8 Å². The molecule has 3 N–H and O–H groups in total. The van der Waals surface area contributed by atoms with Gasteiger partial charge in [0.1, 0.15) is 6.61 Å². The second-order valence-electron chi connectivity index (χ2n) is 17.9. The quantitative estimate of drug-likeness (QED) is 0.0296. The molecule has 3 aliphatic rings. The summed E-state index contributed by atoms with van der Waals surface area (Å²) < 4.78 is 144. The molecule has 2 amide bonds. The monoisotopic (exact) mass is 1110 g/mol. The number of carbonyl (C=O) groups is 3. The summed E-state index contributed by atoms with van der Waals surface area (Å²) in [7, 11) is -10.5. The molecular weight excluding hydrogens is 1050 g/mol. The Morgan fingerprint density at radius 2 is 1.23 bits per heavy atom. The van der Waals surface area contributed by atoms with Crippen LogP contribution in [-0.2, 0) is 93.6 Å². The Bertz CT molecular complexity index is 2780. The molecule has 2 aromatic carbocycles. The molecule has 2 unspecified atom stereocenters. The lowest BCUT2D eigenvalue weighted by Gasteiger charge is -2.30. The van der Waals surface area contributed by atoms with Crippen LogP contribution in [0.2, 0.25) is 0 Å². The Morgan fingerprint density at radius 3 is 1.81 bits per heavy atom. The van der Waals surface area contributed by atoms with Crippen molar-refractivity contribution in [3.05, 3.63) is 83.6 Å². The van der Waals surface area contributed by atoms with E-state index in [-0.39, 0.29) is 94.6 Å². The van der Waals surface area contributed by atoms with Gasteiger partial charge in [-0.15, -0.1) is 5.06 Å². The average Bonchev–Trinajstić information content (AvgIpc) is 3.87. The van der Waals surface area contributed by atoms with Gasteiger partial charge in [0.05, 0.1) is 93.4 Å². The highest BCUT2D eigenvalue weighted by atomic mass is 32.2. The standard InChI is InChI=1S/C49H67N3O20S3/c1-48(18-8-34-73(56,57)58)39-35-37(74(59,60)61)11-13-41(39)50(21-25-68-28-29-70-32-33-71-31-30-69-27-26-66-4)43(48)9-6-5-7-10-44-49(2,19-23-65-3)40-36-38(75(62,63)64)12-14-42(40)51(44)20-24-67-22-17-47(55)72-52-45(53)15-16-46(52)54/h5-7,9-14,35-36H,8,15-34H2,1-4H3,(H2-,56,57,58,59,60,61,62,63,64)/p+1. The minimum absolute atomic E-state index is 0.0133. The summed E-state index contributed by atoms with van der Waals surface area (Å²) in [5, 5.41) is 0.459. The van der Waals surface area contributed by atoms with E-state index in [2.05, 4.69) is 0 Å². The van der Waals surface area contributed by atoms with Crippen molar-refractivity contribution < 1.29 is 95.9 Å². The number of anilines is 1. The number of nitrogens with zero attached hydrogens (tertiary/aromatic N) is 3. The summed E-state index contributed by atoms with van der Waals surface area (Å²) in [6.07, 6.45) is 8.96. The number of imide groups is 1. The Labute approximate surface area is 438 Å². The minimum Gasteiger partial charge on any atom is -0.385 e. The van der Waals surface area contributed by atoms with Crippen molar-refractivity contribution >= 4 is 65.2 Å². The summed E-state index contributed by atoms with van der Waals surface area (Å²) in [6, 6.07) is 8.45. The van der Waals surface area contributed by atoms with E-state index in [9.17, 15) is 53.3 Å². The van der Waals surface area contributed by atoms with Crippen LogP contribution in [0.5, 0.6) is 0 Å². The lowest BCUT2D eigenvalue weighted by molar-refractivity contribution is -0.442. The lowest BCUT2D eigenvalue weighted by Crippen LogP contribution is -2.33. The van der Waals surface area contributed by atoms with Crippen LogP contribution >= 0.6 is 0 Å². The van der Waals surface area contributed by atoms with Gasteiger partial charge >= 0.3 is 5.97 Å². The van der Waals surface area contributed by atoms with Gasteiger partial charge in [-0.1, -0.05) is 18.2 Å². The highest BCUT2D eigenvalue weighted by Gasteiger charge is 2.48. The van der Waals surface area contributed by atoms with Crippen molar-refractivity contribution in [2.45, 2.75) is 73.0 Å². The first-order valence-corrected chi connectivity index (χ1v) is 28.6. The summed E-state index contributed by atoms with van der Waals surface area (Å²) in [6.45, 7) is 7.56. The van der Waals surface area contributed by atoms with Crippen LogP contribution in [0.1, 0.15) is 63.5 Å². The SMILES string of the molecule is COCCOCCOCCOCCOCC[N+]1=C(/C=C/C=C/C=C2/N(CCOCCC(=O)ON3C(=O)CCC3=O)c3ccc(S(=O)(=O)O)cc3C2(C)CCOC)C(C)(CCCS(=O)(=O)O)c2cc(S(=O)(=O)O)ccc21. The molecule has 0 radical (unpaired) electrons. The van der Waals surface area contributed by atoms with Crippen molar-refractivity contribution in [3.63, 3.8) is 0 Å². The average molecular weight is 1120 g/mol. The van der Waals surface area contributed by atoms with E-state index in [1.54, 1.807) is 43.5 Å². The minimum atomic E-state index is -4.66. The van der Waals surface area contributed by atoms with Crippen LogP contribution < -0.4 is 4.90 Å². The third-order valence-electron chi connectivity index (χ3n) is 12.7. The number of hydrogen-bond acceptors (Lipinski definition) is 18. The second kappa shape index (κ2) is 28.0. The van der Waals surface area contributed by atoms with Crippen LogP contribution in [-0.4, -0.2) is 184 Å². The first-order valence-electron chi connectivity index (χ1n) is 24.2. The first kappa shape index (κ1) is 61.0. The Hall–Kier alpha value is -4.81. The van der Waals surface area contributed by atoms with E-state index < -0.39 is 64.7 Å². The van der Waals surface area contributed by atoms with Crippen LogP contribution in [0.4, 0.5) is 11.4 Å². The largest absolute Gasteiger partial charge is 0.385 e. The molecule has 23 nitrogen and oxygen atoms in total. The Morgan fingerprint density at radius 1 is 0.667 bits per heavy atom. The summed E-state index contributed by atoms with van der Waals surface area (Å²) in [4.78, 5) is 42.4. The van der Waals surface area contributed by atoms with E-state index >= 15 is 0 Å². The molecule has 1 fully saturated rings. The molecule has 26 heteroatoms. The third-order valence-corrected chi connectivity index (χ3v) is 15.2.